The van der Waals surface area contributed by atoms with Gasteiger partial charge in [0.15, 0.2) is 0 Å². The van der Waals surface area contributed by atoms with Gasteiger partial charge in [-0.2, -0.15) is 0 Å². The van der Waals surface area contributed by atoms with Crippen molar-refractivity contribution in [3.8, 4) is 0 Å². The Labute approximate surface area is 95.8 Å². The number of rotatable bonds is 4. The first-order valence-corrected chi connectivity index (χ1v) is 6.76. The van der Waals surface area contributed by atoms with Crippen molar-refractivity contribution in [3.63, 3.8) is 0 Å². The van der Waals surface area contributed by atoms with Crippen molar-refractivity contribution >= 4 is 0 Å². The third-order valence-corrected chi connectivity index (χ3v) is 4.11. The van der Waals surface area contributed by atoms with Gasteiger partial charge in [-0.15, -0.1) is 0 Å². The molecule has 1 heteroatoms. The molecule has 2 N–H and O–H groups in total. The second-order valence-electron chi connectivity index (χ2n) is 6.21. The van der Waals surface area contributed by atoms with Crippen LogP contribution in [-0.2, 0) is 0 Å². The fourth-order valence-corrected chi connectivity index (χ4v) is 2.98. The highest BCUT2D eigenvalue weighted by Crippen LogP contribution is 2.35. The van der Waals surface area contributed by atoms with Crippen LogP contribution in [0, 0.1) is 23.7 Å². The van der Waals surface area contributed by atoms with E-state index in [9.17, 15) is 0 Å². The Morgan fingerprint density at radius 2 is 1.40 bits per heavy atom. The zero-order valence-electron chi connectivity index (χ0n) is 11.0. The molecular formula is C14H29N. The lowest BCUT2D eigenvalue weighted by Gasteiger charge is -2.34. The van der Waals surface area contributed by atoms with Gasteiger partial charge >= 0.3 is 0 Å². The van der Waals surface area contributed by atoms with Crippen molar-refractivity contribution < 1.29 is 0 Å². The molecule has 0 bridgehead atoms. The van der Waals surface area contributed by atoms with E-state index in [0.29, 0.717) is 6.04 Å². The maximum atomic E-state index is 6.27. The lowest BCUT2D eigenvalue weighted by Crippen LogP contribution is -2.34. The van der Waals surface area contributed by atoms with Crippen LogP contribution in [0.5, 0.6) is 0 Å². The SMILES string of the molecule is CC(C)CC(N)C1CCC(C(C)C)CC1. The molecule has 1 aliphatic rings. The molecule has 1 nitrogen and oxygen atoms in total. The summed E-state index contributed by atoms with van der Waals surface area (Å²) in [6.07, 6.45) is 6.77. The van der Waals surface area contributed by atoms with Crippen LogP contribution in [0.25, 0.3) is 0 Å². The minimum Gasteiger partial charge on any atom is -0.327 e. The van der Waals surface area contributed by atoms with Gasteiger partial charge in [0.1, 0.15) is 0 Å². The van der Waals surface area contributed by atoms with Crippen molar-refractivity contribution in [2.75, 3.05) is 0 Å². The van der Waals surface area contributed by atoms with Gasteiger partial charge < -0.3 is 5.73 Å². The average molecular weight is 211 g/mol. The highest BCUT2D eigenvalue weighted by atomic mass is 14.7. The molecule has 15 heavy (non-hydrogen) atoms. The Bertz CT molecular complexity index is 166. The predicted molar refractivity (Wildman–Crippen MR) is 67.7 cm³/mol. The zero-order chi connectivity index (χ0) is 11.4. The number of hydrogen-bond donors (Lipinski definition) is 1. The summed E-state index contributed by atoms with van der Waals surface area (Å²) in [6, 6.07) is 0.457. The molecule has 1 rings (SSSR count). The van der Waals surface area contributed by atoms with E-state index in [4.69, 9.17) is 5.73 Å². The van der Waals surface area contributed by atoms with Gasteiger partial charge in [-0.3, -0.25) is 0 Å². The molecule has 1 aliphatic carbocycles. The van der Waals surface area contributed by atoms with E-state index in [2.05, 4.69) is 27.7 Å². The molecule has 1 fully saturated rings. The Balaban J connectivity index is 2.30. The van der Waals surface area contributed by atoms with Crippen LogP contribution < -0.4 is 5.73 Å². The standard InChI is InChI=1S/C14H29N/c1-10(2)9-14(15)13-7-5-12(6-8-13)11(3)4/h10-14H,5-9,15H2,1-4H3. The van der Waals surface area contributed by atoms with Gasteiger partial charge in [-0.05, 0) is 55.8 Å². The molecule has 0 aliphatic heterocycles. The summed E-state index contributed by atoms with van der Waals surface area (Å²) in [5.41, 5.74) is 6.27. The third kappa shape index (κ3) is 4.14. The zero-order valence-corrected chi connectivity index (χ0v) is 11.0. The topological polar surface area (TPSA) is 26.0 Å². The van der Waals surface area contributed by atoms with E-state index < -0.39 is 0 Å². The van der Waals surface area contributed by atoms with Crippen LogP contribution in [-0.4, -0.2) is 6.04 Å². The molecule has 0 aromatic heterocycles. The van der Waals surface area contributed by atoms with Crippen molar-refractivity contribution in [1.29, 1.82) is 0 Å². The van der Waals surface area contributed by atoms with Gasteiger partial charge in [0.2, 0.25) is 0 Å². The molecule has 0 spiro atoms. The molecule has 1 saturated carbocycles. The van der Waals surface area contributed by atoms with Crippen LogP contribution in [0.2, 0.25) is 0 Å². The first-order chi connectivity index (χ1) is 7.00. The third-order valence-electron chi connectivity index (χ3n) is 4.11. The Hall–Kier alpha value is -0.0400. The maximum absolute atomic E-state index is 6.27. The van der Waals surface area contributed by atoms with Crippen LogP contribution in [0.15, 0.2) is 0 Å². The predicted octanol–water partition coefficient (Wildman–Crippen LogP) is 3.82. The maximum Gasteiger partial charge on any atom is 0.00695 e. The van der Waals surface area contributed by atoms with E-state index in [1.807, 2.05) is 0 Å². The summed E-state index contributed by atoms with van der Waals surface area (Å²) in [5, 5.41) is 0. The van der Waals surface area contributed by atoms with E-state index in [0.717, 1.165) is 23.7 Å². The van der Waals surface area contributed by atoms with E-state index in [1.165, 1.54) is 32.1 Å². The molecule has 0 aromatic rings. The van der Waals surface area contributed by atoms with Crippen molar-refractivity contribution in [3.05, 3.63) is 0 Å². The van der Waals surface area contributed by atoms with Crippen molar-refractivity contribution in [2.24, 2.45) is 29.4 Å². The van der Waals surface area contributed by atoms with Crippen LogP contribution in [0.4, 0.5) is 0 Å². The lowest BCUT2D eigenvalue weighted by molar-refractivity contribution is 0.194. The van der Waals surface area contributed by atoms with Crippen molar-refractivity contribution in [2.45, 2.75) is 65.8 Å². The van der Waals surface area contributed by atoms with E-state index >= 15 is 0 Å². The fourth-order valence-electron chi connectivity index (χ4n) is 2.98. The molecule has 0 aromatic carbocycles. The van der Waals surface area contributed by atoms with Crippen LogP contribution >= 0.6 is 0 Å². The minimum atomic E-state index is 0.457. The summed E-state index contributed by atoms with van der Waals surface area (Å²) < 4.78 is 0. The fraction of sp³-hybridized carbons (Fsp3) is 1.00. The Morgan fingerprint density at radius 1 is 0.933 bits per heavy atom. The first-order valence-electron chi connectivity index (χ1n) is 6.76. The van der Waals surface area contributed by atoms with Gasteiger partial charge in [-0.25, -0.2) is 0 Å². The molecule has 1 atom stereocenters. The molecule has 0 heterocycles. The second-order valence-corrected chi connectivity index (χ2v) is 6.21. The van der Waals surface area contributed by atoms with Crippen LogP contribution in [0.3, 0.4) is 0 Å². The quantitative estimate of drug-likeness (QED) is 0.751. The normalized spacial score (nSPS) is 29.8. The monoisotopic (exact) mass is 211 g/mol. The lowest BCUT2D eigenvalue weighted by atomic mass is 9.73. The van der Waals surface area contributed by atoms with Crippen LogP contribution in [0.1, 0.15) is 59.8 Å². The highest BCUT2D eigenvalue weighted by molar-refractivity contribution is 4.81. The van der Waals surface area contributed by atoms with Crippen molar-refractivity contribution in [1.82, 2.24) is 0 Å². The Morgan fingerprint density at radius 3 is 1.80 bits per heavy atom. The molecule has 90 valence electrons. The summed E-state index contributed by atoms with van der Waals surface area (Å²) in [4.78, 5) is 0. The van der Waals surface area contributed by atoms with E-state index in [-0.39, 0.29) is 0 Å². The summed E-state index contributed by atoms with van der Waals surface area (Å²) >= 11 is 0. The number of nitrogens with two attached hydrogens (primary N) is 1. The molecule has 0 saturated heterocycles. The first kappa shape index (κ1) is 13.0. The highest BCUT2D eigenvalue weighted by Gasteiger charge is 2.26. The van der Waals surface area contributed by atoms with Gasteiger partial charge in [-0.1, -0.05) is 27.7 Å². The van der Waals surface area contributed by atoms with Gasteiger partial charge in [0.25, 0.3) is 0 Å². The molecular weight excluding hydrogens is 182 g/mol. The Kier molecular flexibility index (Phi) is 5.11. The smallest absolute Gasteiger partial charge is 0.00695 e. The molecule has 0 radical (unpaired) electrons. The van der Waals surface area contributed by atoms with Gasteiger partial charge in [0, 0.05) is 6.04 Å². The minimum absolute atomic E-state index is 0.457. The summed E-state index contributed by atoms with van der Waals surface area (Å²) in [6.45, 7) is 9.28. The summed E-state index contributed by atoms with van der Waals surface area (Å²) in [7, 11) is 0. The summed E-state index contributed by atoms with van der Waals surface area (Å²) in [5.74, 6) is 3.39. The second kappa shape index (κ2) is 5.89. The average Bonchev–Trinajstić information content (AvgIpc) is 2.17. The number of hydrogen-bond acceptors (Lipinski definition) is 1. The van der Waals surface area contributed by atoms with Gasteiger partial charge in [0.05, 0.1) is 0 Å². The largest absolute Gasteiger partial charge is 0.327 e. The van der Waals surface area contributed by atoms with E-state index in [1.54, 1.807) is 0 Å². The molecule has 0 amide bonds. The molecule has 1 unspecified atom stereocenters.